The predicted molar refractivity (Wildman–Crippen MR) is 62.1 cm³/mol. The van der Waals surface area contributed by atoms with Crippen molar-refractivity contribution < 1.29 is 14.3 Å². The van der Waals surface area contributed by atoms with E-state index in [1.165, 1.54) is 0 Å². The number of carbonyl (C=O) groups is 1. The van der Waals surface area contributed by atoms with Gasteiger partial charge in [0.05, 0.1) is 6.42 Å². The van der Waals surface area contributed by atoms with Crippen LogP contribution in [0.3, 0.4) is 0 Å². The standard InChI is InChI=1S/C13H18O3/c1-3-15-13(10-11-14,16-4-2)12-8-6-5-7-9-12/h5-9,11H,3-4,10H2,1-2H3. The Morgan fingerprint density at radius 3 is 2.12 bits per heavy atom. The minimum Gasteiger partial charge on any atom is -0.346 e. The number of hydrogen-bond acceptors (Lipinski definition) is 3. The molecule has 0 bridgehead atoms. The quantitative estimate of drug-likeness (QED) is 0.525. The fourth-order valence-electron chi connectivity index (χ4n) is 1.71. The third-order valence-corrected chi connectivity index (χ3v) is 2.32. The normalized spacial score (nSPS) is 11.4. The van der Waals surface area contributed by atoms with Gasteiger partial charge in [-0.3, -0.25) is 0 Å². The topological polar surface area (TPSA) is 35.5 Å². The SMILES string of the molecule is CCOC(CC=O)(OCC)c1ccccc1. The molecule has 1 rings (SSSR count). The zero-order chi connectivity index (χ0) is 11.9. The van der Waals surface area contributed by atoms with E-state index in [1.807, 2.05) is 44.2 Å². The van der Waals surface area contributed by atoms with Crippen LogP contribution in [-0.4, -0.2) is 19.5 Å². The largest absolute Gasteiger partial charge is 0.346 e. The molecule has 0 fully saturated rings. The first kappa shape index (κ1) is 12.9. The lowest BCUT2D eigenvalue weighted by Crippen LogP contribution is -2.34. The molecule has 0 amide bonds. The molecule has 0 saturated carbocycles. The lowest BCUT2D eigenvalue weighted by atomic mass is 10.0. The summed E-state index contributed by atoms with van der Waals surface area (Å²) in [6.07, 6.45) is 1.04. The Labute approximate surface area is 96.4 Å². The summed E-state index contributed by atoms with van der Waals surface area (Å²) in [6, 6.07) is 9.57. The van der Waals surface area contributed by atoms with E-state index in [2.05, 4.69) is 0 Å². The number of ether oxygens (including phenoxy) is 2. The summed E-state index contributed by atoms with van der Waals surface area (Å²) in [5.41, 5.74) is 0.880. The number of rotatable bonds is 7. The molecule has 3 nitrogen and oxygen atoms in total. The summed E-state index contributed by atoms with van der Waals surface area (Å²) in [5, 5.41) is 0. The van der Waals surface area contributed by atoms with Crippen molar-refractivity contribution in [3.05, 3.63) is 35.9 Å². The second kappa shape index (κ2) is 6.40. The smallest absolute Gasteiger partial charge is 0.201 e. The second-order valence-electron chi connectivity index (χ2n) is 3.36. The van der Waals surface area contributed by atoms with Gasteiger partial charge in [-0.05, 0) is 13.8 Å². The summed E-state index contributed by atoms with van der Waals surface area (Å²) in [4.78, 5) is 10.8. The Kier molecular flexibility index (Phi) is 5.15. The van der Waals surface area contributed by atoms with E-state index in [4.69, 9.17) is 9.47 Å². The minimum atomic E-state index is -0.924. The van der Waals surface area contributed by atoms with Crippen LogP contribution in [0.15, 0.2) is 30.3 Å². The third-order valence-electron chi connectivity index (χ3n) is 2.32. The van der Waals surface area contributed by atoms with Crippen LogP contribution in [0.25, 0.3) is 0 Å². The molecule has 0 aromatic heterocycles. The van der Waals surface area contributed by atoms with E-state index < -0.39 is 5.79 Å². The van der Waals surface area contributed by atoms with Crippen molar-refractivity contribution in [3.63, 3.8) is 0 Å². The summed E-state index contributed by atoms with van der Waals surface area (Å²) >= 11 is 0. The van der Waals surface area contributed by atoms with Gasteiger partial charge in [0.15, 0.2) is 0 Å². The van der Waals surface area contributed by atoms with Gasteiger partial charge >= 0.3 is 0 Å². The van der Waals surface area contributed by atoms with Crippen LogP contribution >= 0.6 is 0 Å². The maximum Gasteiger partial charge on any atom is 0.201 e. The van der Waals surface area contributed by atoms with Crippen molar-refractivity contribution in [2.45, 2.75) is 26.1 Å². The van der Waals surface area contributed by atoms with Crippen molar-refractivity contribution in [2.75, 3.05) is 13.2 Å². The van der Waals surface area contributed by atoms with Crippen molar-refractivity contribution >= 4 is 6.29 Å². The van der Waals surface area contributed by atoms with Gasteiger partial charge in [-0.2, -0.15) is 0 Å². The zero-order valence-corrected chi connectivity index (χ0v) is 9.81. The Bertz CT molecular complexity index is 302. The van der Waals surface area contributed by atoms with E-state index in [1.54, 1.807) is 0 Å². The molecule has 0 radical (unpaired) electrons. The average molecular weight is 222 g/mol. The van der Waals surface area contributed by atoms with E-state index in [9.17, 15) is 4.79 Å². The van der Waals surface area contributed by atoms with Crippen molar-refractivity contribution in [2.24, 2.45) is 0 Å². The lowest BCUT2D eigenvalue weighted by molar-refractivity contribution is -0.241. The minimum absolute atomic E-state index is 0.207. The first-order chi connectivity index (χ1) is 7.79. The Morgan fingerprint density at radius 2 is 1.69 bits per heavy atom. The zero-order valence-electron chi connectivity index (χ0n) is 9.81. The summed E-state index contributed by atoms with van der Waals surface area (Å²) < 4.78 is 11.3. The van der Waals surface area contributed by atoms with Gasteiger partial charge in [0, 0.05) is 18.8 Å². The monoisotopic (exact) mass is 222 g/mol. The lowest BCUT2D eigenvalue weighted by Gasteiger charge is -2.32. The summed E-state index contributed by atoms with van der Waals surface area (Å²) in [5.74, 6) is -0.924. The molecule has 16 heavy (non-hydrogen) atoms. The highest BCUT2D eigenvalue weighted by atomic mass is 16.7. The van der Waals surface area contributed by atoms with Crippen LogP contribution in [0, 0.1) is 0 Å². The van der Waals surface area contributed by atoms with Gasteiger partial charge in [0.2, 0.25) is 5.79 Å². The fraction of sp³-hybridized carbons (Fsp3) is 0.462. The van der Waals surface area contributed by atoms with Gasteiger partial charge in [-0.15, -0.1) is 0 Å². The molecule has 0 spiro atoms. The molecule has 88 valence electrons. The Hall–Kier alpha value is -1.19. The third kappa shape index (κ3) is 2.90. The van der Waals surface area contributed by atoms with E-state index in [0.717, 1.165) is 11.8 Å². The van der Waals surface area contributed by atoms with Crippen molar-refractivity contribution in [3.8, 4) is 0 Å². The number of benzene rings is 1. The molecule has 0 N–H and O–H groups in total. The highest BCUT2D eigenvalue weighted by molar-refractivity contribution is 5.52. The summed E-state index contributed by atoms with van der Waals surface area (Å²) in [7, 11) is 0. The molecule has 3 heteroatoms. The van der Waals surface area contributed by atoms with Crippen LogP contribution in [0.5, 0.6) is 0 Å². The van der Waals surface area contributed by atoms with Crippen molar-refractivity contribution in [1.82, 2.24) is 0 Å². The average Bonchev–Trinajstić information content (AvgIpc) is 2.31. The number of carbonyl (C=O) groups excluding carboxylic acids is 1. The van der Waals surface area contributed by atoms with Gasteiger partial charge in [-0.25, -0.2) is 0 Å². The maximum absolute atomic E-state index is 10.8. The molecule has 0 unspecified atom stereocenters. The molecule has 1 aromatic carbocycles. The predicted octanol–water partition coefficient (Wildman–Crippen LogP) is 2.50. The summed E-state index contributed by atoms with van der Waals surface area (Å²) in [6.45, 7) is 4.79. The number of aldehydes is 1. The number of hydrogen-bond donors (Lipinski definition) is 0. The maximum atomic E-state index is 10.8. The van der Waals surface area contributed by atoms with E-state index >= 15 is 0 Å². The van der Waals surface area contributed by atoms with Crippen LogP contribution < -0.4 is 0 Å². The van der Waals surface area contributed by atoms with Gasteiger partial charge in [0.25, 0.3) is 0 Å². The molecule has 0 aliphatic heterocycles. The molecule has 0 aliphatic carbocycles. The first-order valence-electron chi connectivity index (χ1n) is 5.56. The van der Waals surface area contributed by atoms with Crippen molar-refractivity contribution in [1.29, 1.82) is 0 Å². The Morgan fingerprint density at radius 1 is 1.12 bits per heavy atom. The second-order valence-corrected chi connectivity index (χ2v) is 3.36. The molecule has 0 heterocycles. The van der Waals surface area contributed by atoms with Gasteiger partial charge in [-0.1, -0.05) is 30.3 Å². The highest BCUT2D eigenvalue weighted by Gasteiger charge is 2.33. The van der Waals surface area contributed by atoms with E-state index in [0.29, 0.717) is 13.2 Å². The van der Waals surface area contributed by atoms with E-state index in [-0.39, 0.29) is 6.42 Å². The molecule has 1 aromatic rings. The van der Waals surface area contributed by atoms with Crippen LogP contribution in [0.4, 0.5) is 0 Å². The molecule has 0 aliphatic rings. The highest BCUT2D eigenvalue weighted by Crippen LogP contribution is 2.30. The van der Waals surface area contributed by atoms with Crippen LogP contribution in [0.2, 0.25) is 0 Å². The van der Waals surface area contributed by atoms with Crippen LogP contribution in [-0.2, 0) is 20.1 Å². The fourth-order valence-corrected chi connectivity index (χ4v) is 1.71. The van der Waals surface area contributed by atoms with Gasteiger partial charge < -0.3 is 14.3 Å². The Balaban J connectivity index is 3.04. The first-order valence-corrected chi connectivity index (χ1v) is 5.56. The molecule has 0 saturated heterocycles. The molecule has 0 atom stereocenters. The molecular weight excluding hydrogens is 204 g/mol. The van der Waals surface area contributed by atoms with Gasteiger partial charge in [0.1, 0.15) is 6.29 Å². The molecular formula is C13H18O3. The van der Waals surface area contributed by atoms with Crippen LogP contribution in [0.1, 0.15) is 25.8 Å².